The van der Waals surface area contributed by atoms with E-state index in [0.717, 1.165) is 39.9 Å². The number of anilines is 1. The minimum atomic E-state index is -0.624. The highest BCUT2D eigenvalue weighted by molar-refractivity contribution is 7.15. The number of benzene rings is 1. The molecule has 35 heavy (non-hydrogen) atoms. The number of fused-ring (bicyclic) bond motifs is 2. The fourth-order valence-corrected chi connectivity index (χ4v) is 7.16. The lowest BCUT2D eigenvalue weighted by molar-refractivity contribution is -0.144. The van der Waals surface area contributed by atoms with Crippen molar-refractivity contribution in [1.82, 2.24) is 10.3 Å². The maximum absolute atomic E-state index is 13.2. The summed E-state index contributed by atoms with van der Waals surface area (Å²) in [6.45, 7) is 8.96. The fraction of sp³-hybridized carbons (Fsp3) is 0.556. The lowest BCUT2D eigenvalue weighted by Gasteiger charge is -2.58. The van der Waals surface area contributed by atoms with Gasteiger partial charge in [-0.1, -0.05) is 32.1 Å². The van der Waals surface area contributed by atoms with E-state index in [4.69, 9.17) is 9.72 Å². The number of methoxy groups -OCH3 is 1. The Bertz CT molecular complexity index is 1060. The molecule has 5 unspecified atom stereocenters. The number of hydrogen-bond acceptors (Lipinski definition) is 7. The number of aliphatic hydroxyl groups is 2. The lowest BCUT2D eigenvalue weighted by Crippen LogP contribution is -2.57. The third-order valence-electron chi connectivity index (χ3n) is 8.33. The van der Waals surface area contributed by atoms with Crippen LogP contribution >= 0.6 is 11.3 Å². The van der Waals surface area contributed by atoms with Gasteiger partial charge >= 0.3 is 0 Å². The molecule has 190 valence electrons. The molecule has 8 heteroatoms. The third-order valence-corrected chi connectivity index (χ3v) is 9.38. The summed E-state index contributed by atoms with van der Waals surface area (Å²) in [7, 11) is 1.63. The van der Waals surface area contributed by atoms with Crippen molar-refractivity contribution in [2.24, 2.45) is 16.7 Å². The molecule has 4 rings (SSSR count). The van der Waals surface area contributed by atoms with Crippen LogP contribution in [0.2, 0.25) is 0 Å². The van der Waals surface area contributed by atoms with Crippen LogP contribution < -0.4 is 15.4 Å². The Morgan fingerprint density at radius 1 is 1.34 bits per heavy atom. The topological polar surface area (TPSA) is 104 Å². The summed E-state index contributed by atoms with van der Waals surface area (Å²) in [6.07, 6.45) is 3.69. The zero-order chi connectivity index (χ0) is 25.2. The van der Waals surface area contributed by atoms with Gasteiger partial charge in [0.05, 0.1) is 25.5 Å². The molecule has 4 N–H and O–H groups in total. The van der Waals surface area contributed by atoms with Gasteiger partial charge in [-0.15, -0.1) is 17.9 Å². The number of hydrogen-bond donors (Lipinski definition) is 4. The van der Waals surface area contributed by atoms with Gasteiger partial charge in [0, 0.05) is 35.7 Å². The molecule has 0 aliphatic heterocycles. The Morgan fingerprint density at radius 2 is 2.09 bits per heavy atom. The molecule has 0 saturated heterocycles. The molecule has 1 heterocycles. The van der Waals surface area contributed by atoms with Crippen LogP contribution in [0, 0.1) is 16.7 Å². The smallest absolute Gasteiger partial charge is 0.220 e. The van der Waals surface area contributed by atoms with Crippen molar-refractivity contribution in [3.63, 3.8) is 0 Å². The molecule has 1 amide bonds. The summed E-state index contributed by atoms with van der Waals surface area (Å²) < 4.78 is 5.21. The van der Waals surface area contributed by atoms with Crippen LogP contribution in [-0.4, -0.2) is 47.5 Å². The SMILES string of the molecule is C=CCNc1nc2c(s1)CC1C(C)(CO)C(O)CCC1(C)C2CC(=O)NCc1ccc(OC)cc1. The molecule has 0 spiro atoms. The quantitative estimate of drug-likeness (QED) is 0.391. The first-order valence-corrected chi connectivity index (χ1v) is 13.1. The highest BCUT2D eigenvalue weighted by atomic mass is 32.1. The average molecular weight is 500 g/mol. The van der Waals surface area contributed by atoms with Crippen LogP contribution in [0.5, 0.6) is 5.75 Å². The van der Waals surface area contributed by atoms with E-state index >= 15 is 0 Å². The van der Waals surface area contributed by atoms with Crippen LogP contribution in [0.4, 0.5) is 5.13 Å². The van der Waals surface area contributed by atoms with Crippen molar-refractivity contribution in [2.75, 3.05) is 25.6 Å². The molecule has 7 nitrogen and oxygen atoms in total. The Hall–Kier alpha value is -2.42. The standard InChI is InChI=1S/C27H37N3O4S/c1-5-12-28-25-30-24-19(13-23(33)29-15-17-6-8-18(34-4)9-7-17)26(2)11-10-22(32)27(3,16-31)21(26)14-20(24)35-25/h5-9,19,21-22,31-32H,1,10-16H2,2-4H3,(H,28,30)(H,29,33). The number of amides is 1. The highest BCUT2D eigenvalue weighted by Gasteiger charge is 2.59. The van der Waals surface area contributed by atoms with Crippen LogP contribution in [0.3, 0.4) is 0 Å². The normalized spacial score (nSPS) is 29.6. The zero-order valence-electron chi connectivity index (χ0n) is 20.8. The molecule has 0 bridgehead atoms. The third kappa shape index (κ3) is 4.84. The molecule has 0 radical (unpaired) electrons. The number of nitrogens with zero attached hydrogens (tertiary/aromatic N) is 1. The second-order valence-electron chi connectivity index (χ2n) is 10.4. The summed E-state index contributed by atoms with van der Waals surface area (Å²) in [6, 6.07) is 7.66. The second-order valence-corrected chi connectivity index (χ2v) is 11.4. The van der Waals surface area contributed by atoms with Gasteiger partial charge in [0.15, 0.2) is 5.13 Å². The minimum absolute atomic E-state index is 0.0240. The lowest BCUT2D eigenvalue weighted by atomic mass is 9.47. The number of carbonyl (C=O) groups excluding carboxylic acids is 1. The van der Waals surface area contributed by atoms with Crippen molar-refractivity contribution in [3.05, 3.63) is 53.1 Å². The van der Waals surface area contributed by atoms with Gasteiger partial charge in [-0.2, -0.15) is 0 Å². The Labute approximate surface area is 211 Å². The van der Waals surface area contributed by atoms with Crippen LogP contribution in [-0.2, 0) is 17.8 Å². The van der Waals surface area contributed by atoms with E-state index in [-0.39, 0.29) is 29.8 Å². The van der Waals surface area contributed by atoms with E-state index < -0.39 is 11.5 Å². The van der Waals surface area contributed by atoms with E-state index in [2.05, 4.69) is 24.1 Å². The number of thiazole rings is 1. The molecule has 2 aliphatic carbocycles. The highest BCUT2D eigenvalue weighted by Crippen LogP contribution is 2.62. The van der Waals surface area contributed by atoms with Crippen molar-refractivity contribution < 1.29 is 19.7 Å². The number of carbonyl (C=O) groups is 1. The van der Waals surface area contributed by atoms with Gasteiger partial charge in [0.1, 0.15) is 5.75 Å². The monoisotopic (exact) mass is 499 g/mol. The number of rotatable bonds is 9. The van der Waals surface area contributed by atoms with Crippen molar-refractivity contribution in [1.29, 1.82) is 0 Å². The molecule has 2 aromatic rings. The van der Waals surface area contributed by atoms with Crippen LogP contribution in [0.15, 0.2) is 36.9 Å². The maximum Gasteiger partial charge on any atom is 0.220 e. The van der Waals surface area contributed by atoms with Crippen molar-refractivity contribution in [2.45, 2.75) is 58.1 Å². The first-order valence-electron chi connectivity index (χ1n) is 12.3. The Morgan fingerprint density at radius 3 is 2.74 bits per heavy atom. The number of aliphatic hydroxyl groups excluding tert-OH is 2. The molecule has 1 saturated carbocycles. The predicted octanol–water partition coefficient (Wildman–Crippen LogP) is 3.87. The van der Waals surface area contributed by atoms with Gasteiger partial charge < -0.3 is 25.6 Å². The van der Waals surface area contributed by atoms with E-state index in [1.54, 1.807) is 24.5 Å². The first kappa shape index (κ1) is 25.7. The number of ether oxygens (including phenoxy) is 1. The summed E-state index contributed by atoms with van der Waals surface area (Å²) in [5.41, 5.74) is 1.11. The maximum atomic E-state index is 13.2. The summed E-state index contributed by atoms with van der Waals surface area (Å²) >= 11 is 1.61. The van der Waals surface area contributed by atoms with E-state index in [0.29, 0.717) is 25.9 Å². The van der Waals surface area contributed by atoms with E-state index in [1.807, 2.05) is 31.2 Å². The molecular weight excluding hydrogens is 462 g/mol. The van der Waals surface area contributed by atoms with Crippen molar-refractivity contribution in [3.8, 4) is 5.75 Å². The molecule has 1 aromatic heterocycles. The molecular formula is C27H37N3O4S. The predicted molar refractivity (Wildman–Crippen MR) is 139 cm³/mol. The molecule has 1 aromatic carbocycles. The zero-order valence-corrected chi connectivity index (χ0v) is 21.7. The molecule has 1 fully saturated rings. The fourth-order valence-electron chi connectivity index (χ4n) is 6.08. The van der Waals surface area contributed by atoms with Gasteiger partial charge in [-0.3, -0.25) is 4.79 Å². The van der Waals surface area contributed by atoms with E-state index in [9.17, 15) is 15.0 Å². The summed E-state index contributed by atoms with van der Waals surface area (Å²) in [4.78, 5) is 19.3. The van der Waals surface area contributed by atoms with Crippen LogP contribution in [0.25, 0.3) is 0 Å². The number of nitrogens with one attached hydrogen (secondary N) is 2. The first-order chi connectivity index (χ1) is 16.7. The average Bonchev–Trinajstić information content (AvgIpc) is 3.28. The van der Waals surface area contributed by atoms with Gasteiger partial charge in [-0.05, 0) is 48.3 Å². The Kier molecular flexibility index (Phi) is 7.54. The van der Waals surface area contributed by atoms with Crippen LogP contribution in [0.1, 0.15) is 55.2 Å². The van der Waals surface area contributed by atoms with Crippen molar-refractivity contribution >= 4 is 22.4 Å². The van der Waals surface area contributed by atoms with Gasteiger partial charge in [0.2, 0.25) is 5.91 Å². The number of aromatic nitrogens is 1. The largest absolute Gasteiger partial charge is 0.497 e. The molecule has 2 aliphatic rings. The second kappa shape index (κ2) is 10.3. The summed E-state index contributed by atoms with van der Waals surface area (Å²) in [5.74, 6) is 0.707. The summed E-state index contributed by atoms with van der Waals surface area (Å²) in [5, 5.41) is 28.5. The minimum Gasteiger partial charge on any atom is -0.497 e. The van der Waals surface area contributed by atoms with Gasteiger partial charge in [-0.25, -0.2) is 4.98 Å². The van der Waals surface area contributed by atoms with Gasteiger partial charge in [0.25, 0.3) is 0 Å². The van der Waals surface area contributed by atoms with E-state index in [1.165, 1.54) is 0 Å². The molecule has 5 atom stereocenters. The Balaban J connectivity index is 1.60.